The molecule has 0 spiro atoms. The summed E-state index contributed by atoms with van der Waals surface area (Å²) in [5.74, 6) is 1.83. The smallest absolute Gasteiger partial charge is 0.370 e. The molecule has 1 amide bonds. The summed E-state index contributed by atoms with van der Waals surface area (Å²) in [5, 5.41) is 33.1. The summed E-state index contributed by atoms with van der Waals surface area (Å²) in [6, 6.07) is -2.83. The van der Waals surface area contributed by atoms with E-state index in [1.54, 1.807) is 0 Å². The van der Waals surface area contributed by atoms with Gasteiger partial charge in [0.2, 0.25) is 11.7 Å². The van der Waals surface area contributed by atoms with E-state index in [9.17, 15) is 29.7 Å². The normalized spacial score (nSPS) is 20.8. The van der Waals surface area contributed by atoms with Gasteiger partial charge in [-0.25, -0.2) is 9.79 Å². The lowest BCUT2D eigenvalue weighted by atomic mass is 9.92. The number of carbonyl (C=O) groups excluding carboxylic acids is 2. The highest BCUT2D eigenvalue weighted by Gasteiger charge is 2.44. The number of carbonyl (C=O) groups is 3. The van der Waals surface area contributed by atoms with Gasteiger partial charge in [-0.3, -0.25) is 9.59 Å². The summed E-state index contributed by atoms with van der Waals surface area (Å²) in [7, 11) is 0. The van der Waals surface area contributed by atoms with Gasteiger partial charge < -0.3 is 40.7 Å². The number of carboxylic acid groups (broad SMARTS) is 1. The molecule has 0 bridgehead atoms. The van der Waals surface area contributed by atoms with E-state index in [1.807, 2.05) is 0 Å². The SMILES string of the molecule is CCCCCCCCCCCCCC(=O)OCC(O)C(O)[C@@H]1OC(C(=O)O)=CC(N=C(N)ON)C1NC(C)=O. The van der Waals surface area contributed by atoms with Gasteiger partial charge in [0.1, 0.15) is 31.0 Å². The maximum absolute atomic E-state index is 12.1. The maximum Gasteiger partial charge on any atom is 0.370 e. The number of nitrogens with two attached hydrogens (primary N) is 2. The third-order valence-electron chi connectivity index (χ3n) is 6.42. The molecule has 0 aliphatic carbocycles. The molecule has 1 rings (SSSR count). The van der Waals surface area contributed by atoms with E-state index >= 15 is 0 Å². The predicted octanol–water partition coefficient (Wildman–Crippen LogP) is 1.40. The first kappa shape index (κ1) is 34.1. The fraction of sp³-hybridized carbons (Fsp3) is 0.769. The lowest BCUT2D eigenvalue weighted by Crippen LogP contribution is -2.59. The first-order valence-electron chi connectivity index (χ1n) is 13.7. The van der Waals surface area contributed by atoms with E-state index in [4.69, 9.17) is 21.1 Å². The predicted molar refractivity (Wildman–Crippen MR) is 143 cm³/mol. The molecule has 224 valence electrons. The van der Waals surface area contributed by atoms with Crippen molar-refractivity contribution in [2.24, 2.45) is 16.6 Å². The molecule has 0 aromatic rings. The first-order chi connectivity index (χ1) is 18.6. The number of hydrogen-bond donors (Lipinski definition) is 6. The summed E-state index contributed by atoms with van der Waals surface area (Å²) in [6.07, 6.45) is 8.92. The van der Waals surface area contributed by atoms with Gasteiger partial charge in [0, 0.05) is 13.3 Å². The van der Waals surface area contributed by atoms with Crippen molar-refractivity contribution in [2.45, 2.75) is 121 Å². The molecule has 39 heavy (non-hydrogen) atoms. The second kappa shape index (κ2) is 19.2. The topological polar surface area (TPSA) is 216 Å². The number of carboxylic acids is 1. The van der Waals surface area contributed by atoms with Crippen molar-refractivity contribution in [3.05, 3.63) is 11.8 Å². The van der Waals surface area contributed by atoms with E-state index in [0.29, 0.717) is 6.42 Å². The number of hydrogen-bond acceptors (Lipinski definition) is 10. The molecule has 1 heterocycles. The van der Waals surface area contributed by atoms with Crippen LogP contribution in [0.25, 0.3) is 0 Å². The molecular weight excluding hydrogens is 512 g/mol. The highest BCUT2D eigenvalue weighted by atomic mass is 16.6. The Morgan fingerprint density at radius 1 is 1.05 bits per heavy atom. The number of aliphatic hydroxyl groups excluding tert-OH is 2. The maximum atomic E-state index is 12.1. The quantitative estimate of drug-likeness (QED) is 0.0438. The van der Waals surface area contributed by atoms with Crippen LogP contribution in [0, 0.1) is 0 Å². The molecule has 1 aliphatic rings. The van der Waals surface area contributed by atoms with Crippen molar-refractivity contribution in [1.82, 2.24) is 5.32 Å². The Kier molecular flexibility index (Phi) is 16.8. The molecule has 1 aliphatic heterocycles. The van der Waals surface area contributed by atoms with E-state index in [1.165, 1.54) is 51.9 Å². The van der Waals surface area contributed by atoms with Crippen LogP contribution in [-0.2, 0) is 28.7 Å². The van der Waals surface area contributed by atoms with E-state index in [2.05, 4.69) is 22.1 Å². The molecule has 5 atom stereocenters. The van der Waals surface area contributed by atoms with Gasteiger partial charge in [-0.15, -0.1) is 0 Å². The molecule has 0 saturated carbocycles. The van der Waals surface area contributed by atoms with Crippen LogP contribution in [0.1, 0.15) is 90.9 Å². The summed E-state index contributed by atoms with van der Waals surface area (Å²) < 4.78 is 10.5. The number of amidine groups is 1. The molecule has 8 N–H and O–H groups in total. The average molecular weight is 559 g/mol. The molecule has 0 aromatic carbocycles. The van der Waals surface area contributed by atoms with Gasteiger partial charge in [-0.2, -0.15) is 5.90 Å². The van der Waals surface area contributed by atoms with Gasteiger partial charge in [-0.05, 0) is 12.5 Å². The van der Waals surface area contributed by atoms with Crippen LogP contribution in [-0.4, -0.2) is 76.2 Å². The Morgan fingerprint density at radius 3 is 2.13 bits per heavy atom. The zero-order valence-electron chi connectivity index (χ0n) is 23.0. The largest absolute Gasteiger partial charge is 0.478 e. The number of aliphatic imine (C=N–C) groups is 1. The van der Waals surface area contributed by atoms with Crippen LogP contribution in [0.5, 0.6) is 0 Å². The molecule has 13 nitrogen and oxygen atoms in total. The number of aliphatic carboxylic acids is 1. The highest BCUT2D eigenvalue weighted by molar-refractivity contribution is 5.85. The zero-order chi connectivity index (χ0) is 29.2. The molecule has 0 fully saturated rings. The molecule has 0 saturated heterocycles. The minimum absolute atomic E-state index is 0.176. The Balaban J connectivity index is 2.55. The summed E-state index contributed by atoms with van der Waals surface area (Å²) in [5.41, 5.74) is 5.48. The molecule has 13 heteroatoms. The second-order valence-corrected chi connectivity index (χ2v) is 9.75. The number of nitrogens with one attached hydrogen (secondary N) is 1. The van der Waals surface area contributed by atoms with Crippen LogP contribution >= 0.6 is 0 Å². The van der Waals surface area contributed by atoms with E-state index in [0.717, 1.165) is 25.3 Å². The fourth-order valence-electron chi connectivity index (χ4n) is 4.31. The Hall–Kier alpha value is -2.90. The van der Waals surface area contributed by atoms with Crippen molar-refractivity contribution >= 4 is 23.9 Å². The van der Waals surface area contributed by atoms with Crippen LogP contribution in [0.3, 0.4) is 0 Å². The lowest BCUT2D eigenvalue weighted by molar-refractivity contribution is -0.156. The van der Waals surface area contributed by atoms with E-state index in [-0.39, 0.29) is 6.42 Å². The minimum atomic E-state index is -1.77. The van der Waals surface area contributed by atoms with Crippen LogP contribution in [0.4, 0.5) is 0 Å². The van der Waals surface area contributed by atoms with Crippen LogP contribution in [0.2, 0.25) is 0 Å². The fourth-order valence-corrected chi connectivity index (χ4v) is 4.31. The number of ether oxygens (including phenoxy) is 2. The van der Waals surface area contributed by atoms with Crippen LogP contribution in [0.15, 0.2) is 16.8 Å². The molecule has 0 radical (unpaired) electrons. The third-order valence-corrected chi connectivity index (χ3v) is 6.42. The second-order valence-electron chi connectivity index (χ2n) is 9.75. The van der Waals surface area contributed by atoms with Crippen molar-refractivity contribution < 1.29 is 44.0 Å². The number of esters is 1. The van der Waals surface area contributed by atoms with Crippen molar-refractivity contribution in [2.75, 3.05) is 6.61 Å². The zero-order valence-corrected chi connectivity index (χ0v) is 23.0. The molecular formula is C26H46N4O9. The highest BCUT2D eigenvalue weighted by Crippen LogP contribution is 2.25. The van der Waals surface area contributed by atoms with Gasteiger partial charge >= 0.3 is 18.0 Å². The number of rotatable bonds is 19. The number of amides is 1. The van der Waals surface area contributed by atoms with Gasteiger partial charge in [0.25, 0.3) is 0 Å². The Bertz CT molecular complexity index is 821. The first-order valence-corrected chi connectivity index (χ1v) is 13.7. The lowest BCUT2D eigenvalue weighted by Gasteiger charge is -2.38. The standard InChI is InChI=1S/C26H46N4O9/c1-3-4-5-6-7-8-9-10-11-12-13-14-21(33)37-16-19(32)23(34)24-22(29-17(2)31)18(30-26(27)39-28)15-20(38-24)25(35)36/h15,18-19,22-24,32,34H,3-14,16,28H2,1-2H3,(H2,27,30)(H,29,31)(H,35,36)/t18?,19?,22?,23?,24-/m1/s1. The number of unbranched alkanes of at least 4 members (excludes halogenated alkanes) is 10. The van der Waals surface area contributed by atoms with Gasteiger partial charge in [0.15, 0.2) is 0 Å². The number of nitrogens with zero attached hydrogens (tertiary/aromatic N) is 1. The monoisotopic (exact) mass is 558 g/mol. The van der Waals surface area contributed by atoms with Crippen molar-refractivity contribution in [1.29, 1.82) is 0 Å². The summed E-state index contributed by atoms with van der Waals surface area (Å²) in [6.45, 7) is 2.84. The van der Waals surface area contributed by atoms with Crippen LogP contribution < -0.4 is 16.9 Å². The van der Waals surface area contributed by atoms with Crippen molar-refractivity contribution in [3.8, 4) is 0 Å². The van der Waals surface area contributed by atoms with E-state index < -0.39 is 66.6 Å². The summed E-state index contributed by atoms with van der Waals surface area (Å²) in [4.78, 5) is 43.7. The Labute approximate surface area is 229 Å². The summed E-state index contributed by atoms with van der Waals surface area (Å²) >= 11 is 0. The molecule has 0 aromatic heterocycles. The molecule has 4 unspecified atom stereocenters. The number of aliphatic hydroxyl groups is 2. The van der Waals surface area contributed by atoms with Gasteiger partial charge in [0.05, 0.1) is 6.04 Å². The third kappa shape index (κ3) is 13.6. The minimum Gasteiger partial charge on any atom is -0.478 e. The van der Waals surface area contributed by atoms with Gasteiger partial charge in [-0.1, -0.05) is 71.1 Å². The average Bonchev–Trinajstić information content (AvgIpc) is 2.90. The Morgan fingerprint density at radius 2 is 1.62 bits per heavy atom. The van der Waals surface area contributed by atoms with Crippen molar-refractivity contribution in [3.63, 3.8) is 0 Å².